The topological polar surface area (TPSA) is 128 Å². The van der Waals surface area contributed by atoms with Gasteiger partial charge in [0.2, 0.25) is 5.91 Å². The van der Waals surface area contributed by atoms with E-state index in [0.29, 0.717) is 11.3 Å². The summed E-state index contributed by atoms with van der Waals surface area (Å²) in [7, 11) is 1.36. The number of amides is 2. The second-order valence-electron chi connectivity index (χ2n) is 6.05. The van der Waals surface area contributed by atoms with Crippen molar-refractivity contribution in [2.24, 2.45) is 0 Å². The largest absolute Gasteiger partial charge is 0.495 e. The Morgan fingerprint density at radius 2 is 1.69 bits per heavy atom. The number of carbonyl (C=O) groups is 3. The van der Waals surface area contributed by atoms with Gasteiger partial charge in [-0.25, -0.2) is 0 Å². The third kappa shape index (κ3) is 5.73. The van der Waals surface area contributed by atoms with Crippen LogP contribution >= 0.6 is 0 Å². The van der Waals surface area contributed by atoms with Gasteiger partial charge in [0.1, 0.15) is 5.75 Å². The Balaban J connectivity index is 2.09. The van der Waals surface area contributed by atoms with Gasteiger partial charge in [-0.15, -0.1) is 0 Å². The number of non-ortho nitro benzene ring substituents is 1. The number of nitrogens with one attached hydrogen (secondary N) is 2. The van der Waals surface area contributed by atoms with Gasteiger partial charge in [0, 0.05) is 35.0 Å². The van der Waals surface area contributed by atoms with E-state index in [0.717, 1.165) is 12.1 Å². The fraction of sp³-hybridized carbons (Fsp3) is 0.150. The molecule has 2 rings (SSSR count). The van der Waals surface area contributed by atoms with Gasteiger partial charge in [0.15, 0.2) is 5.78 Å². The van der Waals surface area contributed by atoms with Crippen LogP contribution in [0.5, 0.6) is 5.75 Å². The van der Waals surface area contributed by atoms with Gasteiger partial charge in [0.25, 0.3) is 11.6 Å². The molecule has 0 aliphatic carbocycles. The molecule has 0 saturated heterocycles. The first kappa shape index (κ1) is 21.3. The zero-order valence-corrected chi connectivity index (χ0v) is 16.0. The van der Waals surface area contributed by atoms with Gasteiger partial charge in [0.05, 0.1) is 17.7 Å². The molecule has 0 aliphatic rings. The number of ketones is 1. The molecule has 0 fully saturated rings. The molecule has 0 spiro atoms. The van der Waals surface area contributed by atoms with Crippen LogP contribution < -0.4 is 15.4 Å². The van der Waals surface area contributed by atoms with Gasteiger partial charge in [-0.3, -0.25) is 24.5 Å². The number of Topliss-reactive ketones (excluding diaryl/α,β-unsaturated/α-hetero) is 1. The molecular weight excluding hydrogens is 378 g/mol. The highest BCUT2D eigenvalue weighted by Crippen LogP contribution is 2.28. The van der Waals surface area contributed by atoms with Crippen molar-refractivity contribution in [3.05, 3.63) is 69.8 Å². The number of nitro groups is 1. The Kier molecular flexibility index (Phi) is 6.80. The van der Waals surface area contributed by atoms with Crippen LogP contribution in [0.2, 0.25) is 0 Å². The van der Waals surface area contributed by atoms with Crippen LogP contribution in [0.4, 0.5) is 17.1 Å². The molecule has 150 valence electrons. The van der Waals surface area contributed by atoms with Crippen molar-refractivity contribution in [2.45, 2.75) is 13.8 Å². The van der Waals surface area contributed by atoms with E-state index in [9.17, 15) is 24.5 Å². The minimum Gasteiger partial charge on any atom is -0.495 e. The van der Waals surface area contributed by atoms with Crippen LogP contribution in [0.25, 0.3) is 0 Å². The van der Waals surface area contributed by atoms with Crippen molar-refractivity contribution in [1.29, 1.82) is 0 Å². The van der Waals surface area contributed by atoms with Crippen molar-refractivity contribution in [3.63, 3.8) is 0 Å². The maximum atomic E-state index is 12.2. The van der Waals surface area contributed by atoms with Gasteiger partial charge in [-0.05, 0) is 44.2 Å². The molecule has 2 aromatic carbocycles. The highest BCUT2D eigenvalue weighted by Gasteiger charge is 2.14. The van der Waals surface area contributed by atoms with Gasteiger partial charge >= 0.3 is 0 Å². The Morgan fingerprint density at radius 3 is 2.24 bits per heavy atom. The zero-order valence-electron chi connectivity index (χ0n) is 16.0. The molecular formula is C20H19N3O6. The molecule has 0 aromatic heterocycles. The average molecular weight is 397 g/mol. The fourth-order valence-electron chi connectivity index (χ4n) is 2.36. The van der Waals surface area contributed by atoms with E-state index in [4.69, 9.17) is 4.74 Å². The van der Waals surface area contributed by atoms with Crippen molar-refractivity contribution in [2.75, 3.05) is 17.7 Å². The highest BCUT2D eigenvalue weighted by atomic mass is 16.6. The van der Waals surface area contributed by atoms with E-state index in [1.54, 1.807) is 24.3 Å². The molecule has 2 N–H and O–H groups in total. The normalized spacial score (nSPS) is 10.8. The van der Waals surface area contributed by atoms with Crippen molar-refractivity contribution in [3.8, 4) is 5.75 Å². The predicted octanol–water partition coefficient (Wildman–Crippen LogP) is 3.33. The molecule has 0 radical (unpaired) electrons. The lowest BCUT2D eigenvalue weighted by atomic mass is 10.1. The Morgan fingerprint density at radius 1 is 1.03 bits per heavy atom. The quantitative estimate of drug-likeness (QED) is 0.319. The van der Waals surface area contributed by atoms with Crippen LogP contribution in [0.3, 0.4) is 0 Å². The van der Waals surface area contributed by atoms with E-state index < -0.39 is 16.7 Å². The van der Waals surface area contributed by atoms with E-state index in [1.165, 1.54) is 33.1 Å². The predicted molar refractivity (Wildman–Crippen MR) is 107 cm³/mol. The third-order valence-electron chi connectivity index (χ3n) is 3.91. The molecule has 0 aliphatic heterocycles. The molecule has 2 aromatic rings. The lowest BCUT2D eigenvalue weighted by Gasteiger charge is -2.09. The van der Waals surface area contributed by atoms with Crippen molar-refractivity contribution in [1.82, 2.24) is 0 Å². The van der Waals surface area contributed by atoms with E-state index in [-0.39, 0.29) is 28.5 Å². The van der Waals surface area contributed by atoms with Crippen LogP contribution in [0, 0.1) is 10.1 Å². The number of benzene rings is 2. The Hall–Kier alpha value is -4.01. The number of methoxy groups -OCH3 is 1. The van der Waals surface area contributed by atoms with Gasteiger partial charge in [-0.1, -0.05) is 0 Å². The lowest BCUT2D eigenvalue weighted by Crippen LogP contribution is -2.16. The summed E-state index contributed by atoms with van der Waals surface area (Å²) >= 11 is 0. The standard InChI is InChI=1S/C20H19N3O6/c1-12(20(26)21-15-6-4-14(5-7-15)13(2)24)10-19(25)22-17-11-16(23(27)28)8-9-18(17)29-3/h4-11H,1-3H3,(H,21,26)(H,22,25)/b12-10-. The first-order chi connectivity index (χ1) is 13.7. The van der Waals surface area contributed by atoms with Crippen molar-refractivity contribution >= 4 is 34.7 Å². The summed E-state index contributed by atoms with van der Waals surface area (Å²) in [5.41, 5.74) is 0.987. The summed E-state index contributed by atoms with van der Waals surface area (Å²) in [6.45, 7) is 2.89. The molecule has 9 heteroatoms. The summed E-state index contributed by atoms with van der Waals surface area (Å²) in [6, 6.07) is 10.1. The fourth-order valence-corrected chi connectivity index (χ4v) is 2.36. The number of carbonyl (C=O) groups excluding carboxylic acids is 3. The average Bonchev–Trinajstić information content (AvgIpc) is 2.68. The summed E-state index contributed by atoms with van der Waals surface area (Å²) in [4.78, 5) is 46.0. The number of hydrogen-bond acceptors (Lipinski definition) is 6. The minimum absolute atomic E-state index is 0.0906. The number of anilines is 2. The molecule has 0 atom stereocenters. The monoisotopic (exact) mass is 397 g/mol. The number of ether oxygens (including phenoxy) is 1. The highest BCUT2D eigenvalue weighted by molar-refractivity contribution is 6.10. The maximum Gasteiger partial charge on any atom is 0.271 e. The maximum absolute atomic E-state index is 12.2. The van der Waals surface area contributed by atoms with Crippen LogP contribution in [-0.2, 0) is 9.59 Å². The van der Waals surface area contributed by atoms with E-state index in [1.807, 2.05) is 0 Å². The summed E-state index contributed by atoms with van der Waals surface area (Å²) < 4.78 is 5.08. The second-order valence-corrected chi connectivity index (χ2v) is 6.05. The molecule has 9 nitrogen and oxygen atoms in total. The Bertz CT molecular complexity index is 996. The third-order valence-corrected chi connectivity index (χ3v) is 3.91. The smallest absolute Gasteiger partial charge is 0.271 e. The molecule has 0 saturated carbocycles. The summed E-state index contributed by atoms with van der Waals surface area (Å²) in [5.74, 6) is -1.01. The number of nitrogens with zero attached hydrogens (tertiary/aromatic N) is 1. The Labute approximate surface area is 166 Å². The number of nitro benzene ring substituents is 1. The van der Waals surface area contributed by atoms with Gasteiger partial charge < -0.3 is 15.4 Å². The number of hydrogen-bond donors (Lipinski definition) is 2. The van der Waals surface area contributed by atoms with E-state index >= 15 is 0 Å². The van der Waals surface area contributed by atoms with Crippen LogP contribution in [0.1, 0.15) is 24.2 Å². The van der Waals surface area contributed by atoms with E-state index in [2.05, 4.69) is 10.6 Å². The molecule has 29 heavy (non-hydrogen) atoms. The first-order valence-electron chi connectivity index (χ1n) is 8.45. The molecule has 0 unspecified atom stereocenters. The summed E-state index contributed by atoms with van der Waals surface area (Å²) in [6.07, 6.45) is 1.07. The zero-order chi connectivity index (χ0) is 21.6. The first-order valence-corrected chi connectivity index (χ1v) is 8.45. The molecule has 0 heterocycles. The minimum atomic E-state index is -0.650. The van der Waals surface area contributed by atoms with Gasteiger partial charge in [-0.2, -0.15) is 0 Å². The SMILES string of the molecule is COc1ccc([N+](=O)[O-])cc1NC(=O)/C=C(/C)C(=O)Nc1ccc(C(C)=O)cc1. The van der Waals surface area contributed by atoms with Crippen molar-refractivity contribution < 1.29 is 24.0 Å². The number of rotatable bonds is 7. The summed E-state index contributed by atoms with van der Waals surface area (Å²) in [5, 5.41) is 16.0. The van der Waals surface area contributed by atoms with Crippen LogP contribution in [0.15, 0.2) is 54.1 Å². The second kappa shape index (κ2) is 9.27. The molecule has 2 amide bonds. The van der Waals surface area contributed by atoms with Crippen LogP contribution in [-0.4, -0.2) is 29.6 Å². The molecule has 0 bridgehead atoms. The lowest BCUT2D eigenvalue weighted by molar-refractivity contribution is -0.384.